The molecule has 320 valence electrons. The number of fused-ring (bicyclic) bond motifs is 2. The van der Waals surface area contributed by atoms with Gasteiger partial charge in [0.05, 0.1) is 39.2 Å². The molecule has 0 radical (unpaired) electrons. The van der Waals surface area contributed by atoms with Gasteiger partial charge in [0.15, 0.2) is 0 Å². The van der Waals surface area contributed by atoms with Gasteiger partial charge in [0.1, 0.15) is 0 Å². The van der Waals surface area contributed by atoms with E-state index >= 15 is 0 Å². The van der Waals surface area contributed by atoms with Crippen LogP contribution in [0.2, 0.25) is 72.5 Å². The first kappa shape index (κ1) is 48.8. The van der Waals surface area contributed by atoms with Crippen molar-refractivity contribution in [3.8, 4) is 44.9 Å². The second kappa shape index (κ2) is 19.8. The zero-order valence-corrected chi connectivity index (χ0v) is 46.5. The van der Waals surface area contributed by atoms with Crippen LogP contribution in [-0.2, 0) is 36.2 Å². The van der Waals surface area contributed by atoms with Crippen molar-refractivity contribution in [3.63, 3.8) is 0 Å². The van der Waals surface area contributed by atoms with Crippen LogP contribution in [0.3, 0.4) is 0 Å². The number of halogens is 4. The van der Waals surface area contributed by atoms with Crippen LogP contribution in [0.25, 0.3) is 66.4 Å². The molecule has 0 amide bonds. The van der Waals surface area contributed by atoms with Crippen molar-refractivity contribution in [1.82, 2.24) is 0 Å². The molecule has 0 bridgehead atoms. The first-order chi connectivity index (χ1) is 29.1. The van der Waals surface area contributed by atoms with Gasteiger partial charge < -0.3 is 8.83 Å². The van der Waals surface area contributed by atoms with Crippen molar-refractivity contribution in [1.29, 1.82) is 0 Å². The summed E-state index contributed by atoms with van der Waals surface area (Å²) in [6.07, 6.45) is 1.88. The van der Waals surface area contributed by atoms with Gasteiger partial charge in [0, 0.05) is 20.1 Å². The van der Waals surface area contributed by atoms with Crippen LogP contribution in [0.4, 0.5) is 0 Å². The SMILES string of the molecule is CCc1ccc2[cH-]c(-c3ccc(C)o3)cc2c1-c1cc(Cl)c([Si](C)(C)C)c(Cl)c1.CCc1ccc2[cH-]c(-c3ccc(C)o3)cc2c1-c1cc(Cl)c([Si](C)(C)C)c(Cl)c1.C[Si](C)=[Zr+2]. The first-order valence-corrected chi connectivity index (χ1v) is 35.9. The molecule has 8 aromatic rings. The number of rotatable bonds is 8. The summed E-state index contributed by atoms with van der Waals surface area (Å²) in [7, 11) is -3.27. The van der Waals surface area contributed by atoms with Crippen LogP contribution < -0.4 is 10.4 Å². The molecule has 0 N–H and O–H groups in total. The monoisotopic (exact) mass is 1030 g/mol. The molecule has 0 saturated carbocycles. The number of aryl methyl sites for hydroxylation is 4. The van der Waals surface area contributed by atoms with E-state index in [1.807, 2.05) is 38.1 Å². The Kier molecular flexibility index (Phi) is 15.6. The molecule has 10 heteroatoms. The minimum absolute atomic E-state index is 0.210. The molecule has 0 atom stereocenters. The third-order valence-electron chi connectivity index (χ3n) is 10.9. The molecular formula is C52H56Cl4O2Si3Zr. The normalized spacial score (nSPS) is 11.8. The van der Waals surface area contributed by atoms with E-state index in [0.29, 0.717) is 0 Å². The Morgan fingerprint density at radius 1 is 0.532 bits per heavy atom. The molecule has 62 heavy (non-hydrogen) atoms. The van der Waals surface area contributed by atoms with Crippen molar-refractivity contribution in [2.75, 3.05) is 0 Å². The Balaban J connectivity index is 0.000000191. The standard InChI is InChI=1S/2C25H25Cl2OSi.C2H6Si.Zr/c2*1-6-16-8-9-17-11-18(23-10-7-15(2)28-23)12-20(17)24(16)19-13-21(26)25(22(27)14-19)29(3,4)5;1-3-2;/h2*7-14H,6H2,1-5H3;1-2H3;/q2*-1;;+2. The van der Waals surface area contributed by atoms with Crippen molar-refractivity contribution in [3.05, 3.63) is 140 Å². The fourth-order valence-corrected chi connectivity index (χ4v) is 15.8. The molecule has 2 heterocycles. The van der Waals surface area contributed by atoms with Crippen molar-refractivity contribution < 1.29 is 32.2 Å². The van der Waals surface area contributed by atoms with Gasteiger partial charge in [-0.1, -0.05) is 134 Å². The number of benzene rings is 4. The van der Waals surface area contributed by atoms with E-state index in [9.17, 15) is 0 Å². The van der Waals surface area contributed by atoms with E-state index in [1.165, 1.54) is 43.8 Å². The summed E-state index contributed by atoms with van der Waals surface area (Å²) < 4.78 is 11.7. The third-order valence-corrected chi connectivity index (χ3v) is 16.8. The van der Waals surface area contributed by atoms with Gasteiger partial charge >= 0.3 is 41.9 Å². The molecule has 0 aliphatic heterocycles. The van der Waals surface area contributed by atoms with Crippen molar-refractivity contribution in [2.24, 2.45) is 0 Å². The van der Waals surface area contributed by atoms with E-state index in [-0.39, 0.29) is 5.43 Å². The van der Waals surface area contributed by atoms with Gasteiger partial charge in [-0.05, 0) is 108 Å². The summed E-state index contributed by atoms with van der Waals surface area (Å²) in [5.74, 6) is 3.63. The quantitative estimate of drug-likeness (QED) is 0.112. The molecule has 2 aromatic heterocycles. The van der Waals surface area contributed by atoms with Gasteiger partial charge in [0.2, 0.25) is 0 Å². The maximum atomic E-state index is 6.76. The van der Waals surface area contributed by atoms with Gasteiger partial charge in [-0.25, -0.2) is 0 Å². The summed E-state index contributed by atoms with van der Waals surface area (Å²) in [6, 6.07) is 34.1. The Morgan fingerprint density at radius 3 is 1.11 bits per heavy atom. The summed E-state index contributed by atoms with van der Waals surface area (Å²) in [4.78, 5) is 0. The van der Waals surface area contributed by atoms with E-state index < -0.39 is 16.1 Å². The molecule has 0 spiro atoms. The number of furan rings is 2. The van der Waals surface area contributed by atoms with Gasteiger partial charge in [0.25, 0.3) is 0 Å². The second-order valence-corrected chi connectivity index (χ2v) is 39.4. The molecule has 2 nitrogen and oxygen atoms in total. The van der Waals surface area contributed by atoms with E-state index in [1.54, 1.807) is 23.3 Å². The van der Waals surface area contributed by atoms with E-state index in [4.69, 9.17) is 55.2 Å². The molecule has 0 unspecified atom stereocenters. The summed E-state index contributed by atoms with van der Waals surface area (Å²) in [5, 5.41) is 10.2. The van der Waals surface area contributed by atoms with Crippen LogP contribution in [-0.4, -0.2) is 21.6 Å². The predicted molar refractivity (Wildman–Crippen MR) is 277 cm³/mol. The van der Waals surface area contributed by atoms with Crippen molar-refractivity contribution >= 4 is 99.9 Å². The molecular weight excluding hydrogens is 974 g/mol. The Labute approximate surface area is 406 Å². The molecule has 8 rings (SSSR count). The number of hydrogen-bond acceptors (Lipinski definition) is 2. The van der Waals surface area contributed by atoms with Gasteiger partial charge in [-0.15, -0.1) is 57.9 Å². The maximum absolute atomic E-state index is 6.76. The summed E-state index contributed by atoms with van der Waals surface area (Å²) in [6.45, 7) is 26.5. The molecule has 6 aromatic carbocycles. The zero-order chi connectivity index (χ0) is 45.4. The van der Waals surface area contributed by atoms with Crippen LogP contribution in [0, 0.1) is 13.8 Å². The third kappa shape index (κ3) is 10.9. The van der Waals surface area contributed by atoms with Crippen LogP contribution >= 0.6 is 46.4 Å². The predicted octanol–water partition coefficient (Wildman–Crippen LogP) is 17.2. The van der Waals surface area contributed by atoms with E-state index in [0.717, 1.165) is 88.6 Å². The average molecular weight is 1030 g/mol. The van der Waals surface area contributed by atoms with Crippen molar-refractivity contribution in [2.45, 2.75) is 92.9 Å². The minimum atomic E-state index is -1.64. The van der Waals surface area contributed by atoms with Crippen LogP contribution in [0.5, 0.6) is 0 Å². The Morgan fingerprint density at radius 2 is 0.855 bits per heavy atom. The molecule has 0 aliphatic carbocycles. The fourth-order valence-electron chi connectivity index (χ4n) is 8.26. The topological polar surface area (TPSA) is 26.3 Å². The van der Waals surface area contributed by atoms with Gasteiger partial charge in [-0.2, -0.15) is 0 Å². The summed E-state index contributed by atoms with van der Waals surface area (Å²) in [5.41, 5.74) is 9.57. The summed E-state index contributed by atoms with van der Waals surface area (Å²) >= 11 is 28.8. The first-order valence-electron chi connectivity index (χ1n) is 21.2. The molecule has 0 saturated heterocycles. The fraction of sp³-hybridized carbons (Fsp3) is 0.269. The van der Waals surface area contributed by atoms with Crippen LogP contribution in [0.1, 0.15) is 36.5 Å². The Bertz CT molecular complexity index is 2670. The van der Waals surface area contributed by atoms with Crippen LogP contribution in [0.15, 0.2) is 106 Å². The number of hydrogen-bond donors (Lipinski definition) is 0. The molecule has 0 fully saturated rings. The zero-order valence-electron chi connectivity index (χ0n) is 38.0. The molecule has 0 aliphatic rings. The van der Waals surface area contributed by atoms with E-state index in [2.05, 4.69) is 139 Å². The Hall–Kier alpha value is -2.65. The average Bonchev–Trinajstić information content (AvgIpc) is 3.98. The van der Waals surface area contributed by atoms with Gasteiger partial charge in [-0.3, -0.25) is 0 Å². The second-order valence-electron chi connectivity index (χ2n) is 18.4.